The highest BCUT2D eigenvalue weighted by Gasteiger charge is 2.24. The normalized spacial score (nSPS) is 14.1. The van der Waals surface area contributed by atoms with Crippen LogP contribution in [0.15, 0.2) is 48.5 Å². The van der Waals surface area contributed by atoms with Gasteiger partial charge in [-0.3, -0.25) is 9.59 Å². The molecule has 1 fully saturated rings. The van der Waals surface area contributed by atoms with Crippen LogP contribution in [-0.4, -0.2) is 54.4 Å². The first-order valence-corrected chi connectivity index (χ1v) is 9.88. The fourth-order valence-corrected chi connectivity index (χ4v) is 3.35. The van der Waals surface area contributed by atoms with E-state index >= 15 is 0 Å². The minimum Gasteiger partial charge on any atom is -0.494 e. The minimum atomic E-state index is 0.106. The smallest absolute Gasteiger partial charge is 0.227 e. The fourth-order valence-electron chi connectivity index (χ4n) is 3.35. The predicted octanol–water partition coefficient (Wildman–Crippen LogP) is 2.85. The topological polar surface area (TPSA) is 49.9 Å². The van der Waals surface area contributed by atoms with Crippen molar-refractivity contribution in [3.63, 3.8) is 0 Å². The monoisotopic (exact) mass is 380 g/mol. The molecule has 1 saturated heterocycles. The highest BCUT2D eigenvalue weighted by atomic mass is 16.5. The van der Waals surface area contributed by atoms with Gasteiger partial charge >= 0.3 is 0 Å². The van der Waals surface area contributed by atoms with Crippen molar-refractivity contribution >= 4 is 11.8 Å². The maximum atomic E-state index is 12.6. The number of ether oxygens (including phenoxy) is 1. The Hall–Kier alpha value is -2.82. The quantitative estimate of drug-likeness (QED) is 0.774. The van der Waals surface area contributed by atoms with E-state index in [0.29, 0.717) is 45.6 Å². The Morgan fingerprint density at radius 2 is 1.21 bits per heavy atom. The van der Waals surface area contributed by atoms with E-state index in [1.165, 1.54) is 5.56 Å². The van der Waals surface area contributed by atoms with Crippen LogP contribution < -0.4 is 4.74 Å². The standard InChI is InChI=1S/C23H28N2O3/c1-3-28-21-10-8-20(9-11-21)17-23(27)25-14-12-24(13-15-25)22(26)16-19-6-4-18(2)5-7-19/h4-11H,3,12-17H2,1-2H3. The van der Waals surface area contributed by atoms with Gasteiger partial charge in [0.2, 0.25) is 11.8 Å². The van der Waals surface area contributed by atoms with Gasteiger partial charge in [-0.05, 0) is 37.1 Å². The molecule has 3 rings (SSSR count). The van der Waals surface area contributed by atoms with E-state index in [-0.39, 0.29) is 11.8 Å². The average molecular weight is 380 g/mol. The number of benzene rings is 2. The number of nitrogens with zero attached hydrogens (tertiary/aromatic N) is 2. The molecule has 0 N–H and O–H groups in total. The van der Waals surface area contributed by atoms with Crippen LogP contribution >= 0.6 is 0 Å². The summed E-state index contributed by atoms with van der Waals surface area (Å²) in [6, 6.07) is 15.7. The van der Waals surface area contributed by atoms with Gasteiger partial charge < -0.3 is 14.5 Å². The second-order valence-corrected chi connectivity index (χ2v) is 7.18. The van der Waals surface area contributed by atoms with Gasteiger partial charge in [-0.15, -0.1) is 0 Å². The number of aryl methyl sites for hydroxylation is 1. The van der Waals surface area contributed by atoms with Crippen molar-refractivity contribution in [2.75, 3.05) is 32.8 Å². The number of hydrogen-bond acceptors (Lipinski definition) is 3. The van der Waals surface area contributed by atoms with Crippen LogP contribution in [0.2, 0.25) is 0 Å². The van der Waals surface area contributed by atoms with E-state index in [0.717, 1.165) is 16.9 Å². The maximum absolute atomic E-state index is 12.6. The van der Waals surface area contributed by atoms with Crippen LogP contribution in [-0.2, 0) is 22.4 Å². The number of carbonyl (C=O) groups excluding carboxylic acids is 2. The van der Waals surface area contributed by atoms with Crippen LogP contribution in [0, 0.1) is 6.92 Å². The minimum absolute atomic E-state index is 0.106. The largest absolute Gasteiger partial charge is 0.494 e. The van der Waals surface area contributed by atoms with E-state index in [2.05, 4.69) is 0 Å². The molecule has 0 aliphatic carbocycles. The molecule has 5 heteroatoms. The van der Waals surface area contributed by atoms with Gasteiger partial charge in [-0.25, -0.2) is 0 Å². The molecule has 0 atom stereocenters. The summed E-state index contributed by atoms with van der Waals surface area (Å²) in [5, 5.41) is 0. The lowest BCUT2D eigenvalue weighted by Crippen LogP contribution is -2.51. The van der Waals surface area contributed by atoms with Gasteiger partial charge in [0.1, 0.15) is 5.75 Å². The summed E-state index contributed by atoms with van der Waals surface area (Å²) in [6.07, 6.45) is 0.796. The fraction of sp³-hybridized carbons (Fsp3) is 0.391. The first-order chi connectivity index (χ1) is 13.5. The van der Waals surface area contributed by atoms with Gasteiger partial charge in [0.05, 0.1) is 19.4 Å². The molecular formula is C23H28N2O3. The third-order valence-corrected chi connectivity index (χ3v) is 5.05. The molecule has 0 saturated carbocycles. The van der Waals surface area contributed by atoms with Crippen molar-refractivity contribution in [1.82, 2.24) is 9.80 Å². The molecular weight excluding hydrogens is 352 g/mol. The van der Waals surface area contributed by atoms with Crippen LogP contribution in [0.25, 0.3) is 0 Å². The van der Waals surface area contributed by atoms with Gasteiger partial charge in [0, 0.05) is 26.2 Å². The van der Waals surface area contributed by atoms with Crippen molar-refractivity contribution in [3.8, 4) is 5.75 Å². The SMILES string of the molecule is CCOc1ccc(CC(=O)N2CCN(C(=O)Cc3ccc(C)cc3)CC2)cc1. The summed E-state index contributed by atoms with van der Waals surface area (Å²) >= 11 is 0. The molecule has 0 radical (unpaired) electrons. The Balaban J connectivity index is 1.46. The van der Waals surface area contributed by atoms with E-state index in [9.17, 15) is 9.59 Å². The number of amides is 2. The van der Waals surface area contributed by atoms with Crippen LogP contribution in [0.4, 0.5) is 0 Å². The second-order valence-electron chi connectivity index (χ2n) is 7.18. The molecule has 2 aromatic carbocycles. The maximum Gasteiger partial charge on any atom is 0.227 e. The zero-order valence-corrected chi connectivity index (χ0v) is 16.7. The number of carbonyl (C=O) groups is 2. The molecule has 1 heterocycles. The van der Waals surface area contributed by atoms with Crippen LogP contribution in [0.3, 0.4) is 0 Å². The van der Waals surface area contributed by atoms with Crippen LogP contribution in [0.5, 0.6) is 5.75 Å². The van der Waals surface area contributed by atoms with Gasteiger partial charge in [0.15, 0.2) is 0 Å². The Labute approximate surface area is 166 Å². The Morgan fingerprint density at radius 1 is 0.786 bits per heavy atom. The van der Waals surface area contributed by atoms with Crippen LogP contribution in [0.1, 0.15) is 23.6 Å². The van der Waals surface area contributed by atoms with Crippen molar-refractivity contribution in [2.24, 2.45) is 0 Å². The first-order valence-electron chi connectivity index (χ1n) is 9.88. The second kappa shape index (κ2) is 9.40. The van der Waals surface area contributed by atoms with Gasteiger partial charge in [-0.1, -0.05) is 42.0 Å². The third-order valence-electron chi connectivity index (χ3n) is 5.05. The van der Waals surface area contributed by atoms with Gasteiger partial charge in [-0.2, -0.15) is 0 Å². The zero-order valence-electron chi connectivity index (χ0n) is 16.7. The van der Waals surface area contributed by atoms with Gasteiger partial charge in [0.25, 0.3) is 0 Å². The lowest BCUT2D eigenvalue weighted by Gasteiger charge is -2.35. The highest BCUT2D eigenvalue weighted by molar-refractivity contribution is 5.81. The Kier molecular flexibility index (Phi) is 6.69. The number of hydrogen-bond donors (Lipinski definition) is 0. The Morgan fingerprint density at radius 3 is 1.64 bits per heavy atom. The summed E-state index contributed by atoms with van der Waals surface area (Å²) in [5.74, 6) is 1.05. The zero-order chi connectivity index (χ0) is 19.9. The van der Waals surface area contributed by atoms with Crippen molar-refractivity contribution in [2.45, 2.75) is 26.7 Å². The lowest BCUT2D eigenvalue weighted by molar-refractivity contribution is -0.138. The summed E-state index contributed by atoms with van der Waals surface area (Å²) in [7, 11) is 0. The molecule has 1 aliphatic heterocycles. The summed E-state index contributed by atoms with van der Waals surface area (Å²) in [6.45, 7) is 6.99. The predicted molar refractivity (Wildman–Crippen MR) is 109 cm³/mol. The molecule has 2 amide bonds. The third kappa shape index (κ3) is 5.35. The molecule has 0 spiro atoms. The lowest BCUT2D eigenvalue weighted by atomic mass is 10.1. The first kappa shape index (κ1) is 19.9. The van der Waals surface area contributed by atoms with Crippen molar-refractivity contribution < 1.29 is 14.3 Å². The average Bonchev–Trinajstić information content (AvgIpc) is 2.71. The molecule has 0 unspecified atom stereocenters. The highest BCUT2D eigenvalue weighted by Crippen LogP contribution is 2.14. The van der Waals surface area contributed by atoms with Crippen molar-refractivity contribution in [1.29, 1.82) is 0 Å². The molecule has 2 aromatic rings. The van der Waals surface area contributed by atoms with Crippen molar-refractivity contribution in [3.05, 3.63) is 65.2 Å². The number of rotatable bonds is 6. The number of piperazine rings is 1. The summed E-state index contributed by atoms with van der Waals surface area (Å²) < 4.78 is 5.43. The molecule has 28 heavy (non-hydrogen) atoms. The molecule has 5 nitrogen and oxygen atoms in total. The molecule has 1 aliphatic rings. The molecule has 148 valence electrons. The van der Waals surface area contributed by atoms with E-state index in [1.54, 1.807) is 0 Å². The van der Waals surface area contributed by atoms with E-state index in [1.807, 2.05) is 72.2 Å². The Bertz CT molecular complexity index is 792. The summed E-state index contributed by atoms with van der Waals surface area (Å²) in [5.41, 5.74) is 3.20. The van der Waals surface area contributed by atoms with E-state index < -0.39 is 0 Å². The van der Waals surface area contributed by atoms with E-state index in [4.69, 9.17) is 4.74 Å². The molecule has 0 bridgehead atoms. The summed E-state index contributed by atoms with van der Waals surface area (Å²) in [4.78, 5) is 28.8. The molecule has 0 aromatic heterocycles.